The maximum atomic E-state index is 13.0. The van der Waals surface area contributed by atoms with Gasteiger partial charge in [0.15, 0.2) is 11.6 Å². The Morgan fingerprint density at radius 2 is 1.72 bits per heavy atom. The van der Waals surface area contributed by atoms with E-state index in [-0.39, 0.29) is 6.61 Å². The minimum atomic E-state index is -0.850. The summed E-state index contributed by atoms with van der Waals surface area (Å²) >= 11 is 0. The molecule has 18 heavy (non-hydrogen) atoms. The average Bonchev–Trinajstić information content (AvgIpc) is 2.34. The number of ether oxygens (including phenoxy) is 1. The summed E-state index contributed by atoms with van der Waals surface area (Å²) in [5.74, 6) is -0.928. The van der Waals surface area contributed by atoms with E-state index >= 15 is 0 Å². The van der Waals surface area contributed by atoms with Crippen molar-refractivity contribution in [1.29, 1.82) is 0 Å². The van der Waals surface area contributed by atoms with Crippen LogP contribution in [0.4, 0.5) is 8.78 Å². The molecule has 0 aliphatic heterocycles. The molecule has 0 heterocycles. The molecule has 0 saturated heterocycles. The van der Waals surface area contributed by atoms with Gasteiger partial charge in [-0.3, -0.25) is 0 Å². The fourth-order valence-corrected chi connectivity index (χ4v) is 1.65. The Bertz CT molecular complexity index is 564. The van der Waals surface area contributed by atoms with E-state index in [4.69, 9.17) is 4.74 Å². The summed E-state index contributed by atoms with van der Waals surface area (Å²) in [5, 5.41) is 0. The normalized spacial score (nSPS) is 10.4. The molecule has 2 rings (SSSR count). The second-order valence-electron chi connectivity index (χ2n) is 4.31. The molecule has 0 aliphatic rings. The van der Waals surface area contributed by atoms with Crippen LogP contribution in [0, 0.1) is 25.5 Å². The lowest BCUT2D eigenvalue weighted by atomic mass is 10.1. The van der Waals surface area contributed by atoms with E-state index in [0.29, 0.717) is 5.56 Å². The molecule has 2 aromatic carbocycles. The number of rotatable bonds is 3. The van der Waals surface area contributed by atoms with E-state index in [1.54, 1.807) is 0 Å². The molecule has 0 spiro atoms. The first-order valence-electron chi connectivity index (χ1n) is 5.70. The van der Waals surface area contributed by atoms with Crippen LogP contribution in [0.5, 0.6) is 5.75 Å². The molecule has 0 fully saturated rings. The summed E-state index contributed by atoms with van der Waals surface area (Å²) in [6.07, 6.45) is 0. The van der Waals surface area contributed by atoms with Gasteiger partial charge in [0.05, 0.1) is 0 Å². The first kappa shape index (κ1) is 12.6. The molecule has 0 aromatic heterocycles. The molecular formula is C15H14F2O. The Morgan fingerprint density at radius 1 is 0.944 bits per heavy atom. The molecule has 0 radical (unpaired) electrons. The van der Waals surface area contributed by atoms with E-state index in [9.17, 15) is 8.78 Å². The van der Waals surface area contributed by atoms with Gasteiger partial charge in [0.2, 0.25) is 0 Å². The quantitative estimate of drug-likeness (QED) is 0.792. The fourth-order valence-electron chi connectivity index (χ4n) is 1.65. The van der Waals surface area contributed by atoms with Crippen molar-refractivity contribution in [2.75, 3.05) is 0 Å². The van der Waals surface area contributed by atoms with Crippen LogP contribution in [-0.2, 0) is 6.61 Å². The number of halogens is 2. The summed E-state index contributed by atoms with van der Waals surface area (Å²) in [7, 11) is 0. The zero-order valence-electron chi connectivity index (χ0n) is 10.3. The Balaban J connectivity index is 2.11. The highest BCUT2D eigenvalue weighted by Crippen LogP contribution is 2.20. The van der Waals surface area contributed by atoms with Gasteiger partial charge >= 0.3 is 0 Å². The second kappa shape index (κ2) is 5.17. The van der Waals surface area contributed by atoms with Crippen LogP contribution in [-0.4, -0.2) is 0 Å². The van der Waals surface area contributed by atoms with Crippen molar-refractivity contribution in [2.24, 2.45) is 0 Å². The molecule has 0 N–H and O–H groups in total. The Morgan fingerprint density at radius 3 is 2.44 bits per heavy atom. The highest BCUT2D eigenvalue weighted by molar-refractivity contribution is 5.36. The molecule has 1 nitrogen and oxygen atoms in total. The van der Waals surface area contributed by atoms with Crippen LogP contribution in [0.15, 0.2) is 36.4 Å². The van der Waals surface area contributed by atoms with Crippen molar-refractivity contribution in [3.05, 3.63) is 64.7 Å². The summed E-state index contributed by atoms with van der Waals surface area (Å²) in [6.45, 7) is 4.14. The monoisotopic (exact) mass is 248 g/mol. The molecule has 94 valence electrons. The summed E-state index contributed by atoms with van der Waals surface area (Å²) in [5.41, 5.74) is 2.72. The first-order valence-corrected chi connectivity index (χ1v) is 5.70. The third kappa shape index (κ3) is 2.86. The van der Waals surface area contributed by atoms with E-state index in [2.05, 4.69) is 0 Å². The molecule has 2 aromatic rings. The zero-order valence-corrected chi connectivity index (χ0v) is 10.3. The third-order valence-electron chi connectivity index (χ3n) is 2.72. The van der Waals surface area contributed by atoms with Gasteiger partial charge < -0.3 is 4.74 Å². The van der Waals surface area contributed by atoms with Gasteiger partial charge in [0.25, 0.3) is 0 Å². The van der Waals surface area contributed by atoms with Crippen LogP contribution in [0.25, 0.3) is 0 Å². The van der Waals surface area contributed by atoms with Crippen molar-refractivity contribution in [3.63, 3.8) is 0 Å². The van der Waals surface area contributed by atoms with Crippen molar-refractivity contribution in [1.82, 2.24) is 0 Å². The Labute approximate surface area is 105 Å². The lowest BCUT2D eigenvalue weighted by molar-refractivity contribution is 0.303. The van der Waals surface area contributed by atoms with Gasteiger partial charge in [-0.1, -0.05) is 18.2 Å². The predicted molar refractivity (Wildman–Crippen MR) is 66.6 cm³/mol. The van der Waals surface area contributed by atoms with E-state index in [1.165, 1.54) is 6.07 Å². The van der Waals surface area contributed by atoms with Crippen LogP contribution in [0.2, 0.25) is 0 Å². The Kier molecular flexibility index (Phi) is 3.60. The van der Waals surface area contributed by atoms with Gasteiger partial charge in [-0.2, -0.15) is 0 Å². The fraction of sp³-hybridized carbons (Fsp3) is 0.200. The van der Waals surface area contributed by atoms with Crippen molar-refractivity contribution in [2.45, 2.75) is 20.5 Å². The van der Waals surface area contributed by atoms with Gasteiger partial charge in [-0.05, 0) is 48.7 Å². The second-order valence-corrected chi connectivity index (χ2v) is 4.31. The molecule has 0 unspecified atom stereocenters. The summed E-state index contributed by atoms with van der Waals surface area (Å²) in [6, 6.07) is 9.67. The predicted octanol–water partition coefficient (Wildman–Crippen LogP) is 4.16. The van der Waals surface area contributed by atoms with Crippen LogP contribution in [0.1, 0.15) is 16.7 Å². The van der Waals surface area contributed by atoms with E-state index in [1.807, 2.05) is 32.0 Å². The number of benzene rings is 2. The Hall–Kier alpha value is -1.90. The molecule has 0 atom stereocenters. The highest BCUT2D eigenvalue weighted by Gasteiger charge is 2.04. The maximum Gasteiger partial charge on any atom is 0.159 e. The molecule has 0 saturated carbocycles. The zero-order chi connectivity index (χ0) is 13.1. The molecule has 0 aliphatic carbocycles. The topological polar surface area (TPSA) is 9.23 Å². The third-order valence-corrected chi connectivity index (χ3v) is 2.72. The lowest BCUT2D eigenvalue weighted by Gasteiger charge is -2.10. The lowest BCUT2D eigenvalue weighted by Crippen LogP contribution is -1.98. The number of aryl methyl sites for hydroxylation is 2. The minimum absolute atomic E-state index is 0.224. The van der Waals surface area contributed by atoms with E-state index < -0.39 is 11.6 Å². The standard InChI is InChI=1S/C15H14F2O/c1-10-3-4-11(2)15(7-10)18-9-12-5-6-13(16)14(17)8-12/h3-8H,9H2,1-2H3. The molecule has 0 amide bonds. The number of hydrogen-bond acceptors (Lipinski definition) is 1. The summed E-state index contributed by atoms with van der Waals surface area (Å²) in [4.78, 5) is 0. The average molecular weight is 248 g/mol. The first-order chi connectivity index (χ1) is 8.56. The van der Waals surface area contributed by atoms with Crippen LogP contribution >= 0.6 is 0 Å². The van der Waals surface area contributed by atoms with Crippen LogP contribution < -0.4 is 4.74 Å². The van der Waals surface area contributed by atoms with Gasteiger partial charge in [-0.25, -0.2) is 8.78 Å². The minimum Gasteiger partial charge on any atom is -0.489 e. The highest BCUT2D eigenvalue weighted by atomic mass is 19.2. The van der Waals surface area contributed by atoms with Crippen molar-refractivity contribution in [3.8, 4) is 5.75 Å². The van der Waals surface area contributed by atoms with Gasteiger partial charge in [0.1, 0.15) is 12.4 Å². The van der Waals surface area contributed by atoms with Crippen molar-refractivity contribution >= 4 is 0 Å². The van der Waals surface area contributed by atoms with Crippen LogP contribution in [0.3, 0.4) is 0 Å². The number of hydrogen-bond donors (Lipinski definition) is 0. The SMILES string of the molecule is Cc1ccc(C)c(OCc2ccc(F)c(F)c2)c1. The smallest absolute Gasteiger partial charge is 0.159 e. The largest absolute Gasteiger partial charge is 0.489 e. The van der Waals surface area contributed by atoms with Gasteiger partial charge in [0, 0.05) is 0 Å². The van der Waals surface area contributed by atoms with Crippen molar-refractivity contribution < 1.29 is 13.5 Å². The van der Waals surface area contributed by atoms with E-state index in [0.717, 1.165) is 29.0 Å². The van der Waals surface area contributed by atoms with Gasteiger partial charge in [-0.15, -0.1) is 0 Å². The summed E-state index contributed by atoms with van der Waals surface area (Å²) < 4.78 is 31.4. The maximum absolute atomic E-state index is 13.0. The molecular weight excluding hydrogens is 234 g/mol. The molecule has 3 heteroatoms. The molecule has 0 bridgehead atoms.